The fraction of sp³-hybridized carbons (Fsp3) is 0.120. The lowest BCUT2D eigenvalue weighted by Crippen LogP contribution is -2.34. The maximum absolute atomic E-state index is 13.0. The molecule has 2 amide bonds. The molecule has 2 N–H and O–H groups in total. The predicted octanol–water partition coefficient (Wildman–Crippen LogP) is 4.34. The van der Waals surface area contributed by atoms with Gasteiger partial charge >= 0.3 is 0 Å². The Bertz CT molecular complexity index is 1220. The van der Waals surface area contributed by atoms with Crippen LogP contribution in [0, 0.1) is 0 Å². The monoisotopic (exact) mass is 413 g/mol. The number of hydrogen-bond acceptors (Lipinski definition) is 3. The molecule has 0 aliphatic carbocycles. The highest BCUT2D eigenvalue weighted by Gasteiger charge is 2.16. The van der Waals surface area contributed by atoms with Gasteiger partial charge in [0.15, 0.2) is 0 Å². The lowest BCUT2D eigenvalue weighted by Gasteiger charge is -2.10. The minimum absolute atomic E-state index is 0.166. The number of fused-ring (bicyclic) bond motifs is 1. The van der Waals surface area contributed by atoms with E-state index in [2.05, 4.69) is 22.1 Å². The smallest absolute Gasteiger partial charge is 0.268 e. The van der Waals surface area contributed by atoms with Gasteiger partial charge in [-0.15, -0.1) is 0 Å². The Morgan fingerprint density at radius 1 is 1.00 bits per heavy atom. The summed E-state index contributed by atoms with van der Waals surface area (Å²) in [6, 6.07) is 20.3. The van der Waals surface area contributed by atoms with E-state index in [0.29, 0.717) is 11.3 Å². The summed E-state index contributed by atoms with van der Waals surface area (Å²) < 4.78 is 7.39. The first-order chi connectivity index (χ1) is 15.2. The highest BCUT2D eigenvalue weighted by molar-refractivity contribution is 6.06. The van der Waals surface area contributed by atoms with E-state index < -0.39 is 5.91 Å². The summed E-state index contributed by atoms with van der Waals surface area (Å²) in [5.74, 6) is -0.113. The number of carbonyl (C=O) groups excluding carboxylic acids is 2. The molecule has 0 spiro atoms. The van der Waals surface area contributed by atoms with Crippen molar-refractivity contribution in [3.63, 3.8) is 0 Å². The Morgan fingerprint density at radius 3 is 2.52 bits per heavy atom. The van der Waals surface area contributed by atoms with E-state index in [0.717, 1.165) is 23.0 Å². The number of amides is 2. The third kappa shape index (κ3) is 4.59. The summed E-state index contributed by atoms with van der Waals surface area (Å²) in [7, 11) is 0. The van der Waals surface area contributed by atoms with Crippen LogP contribution in [0.4, 0.5) is 0 Å². The topological polar surface area (TPSA) is 76.3 Å². The average Bonchev–Trinajstić information content (AvgIpc) is 3.45. The van der Waals surface area contributed by atoms with Gasteiger partial charge in [-0.2, -0.15) is 0 Å². The Hall–Kier alpha value is -4.06. The first kappa shape index (κ1) is 20.2. The Balaban J connectivity index is 1.67. The van der Waals surface area contributed by atoms with Crippen LogP contribution in [0.1, 0.15) is 28.6 Å². The van der Waals surface area contributed by atoms with Crippen molar-refractivity contribution in [3.8, 4) is 0 Å². The van der Waals surface area contributed by atoms with Crippen molar-refractivity contribution < 1.29 is 14.0 Å². The summed E-state index contributed by atoms with van der Waals surface area (Å²) >= 11 is 0. The van der Waals surface area contributed by atoms with E-state index in [1.165, 1.54) is 0 Å². The van der Waals surface area contributed by atoms with Gasteiger partial charge in [-0.25, -0.2) is 0 Å². The highest BCUT2D eigenvalue weighted by atomic mass is 16.3. The second kappa shape index (κ2) is 9.17. The molecule has 2 heterocycles. The van der Waals surface area contributed by atoms with E-state index in [-0.39, 0.29) is 18.1 Å². The SMILES string of the molecule is CCn1cc(/C=C(\NC(=O)c2ccccc2)C(=O)NCc2ccco2)c2ccccc21. The highest BCUT2D eigenvalue weighted by Crippen LogP contribution is 2.23. The number of benzene rings is 2. The molecule has 2 aromatic heterocycles. The molecule has 0 aliphatic heterocycles. The average molecular weight is 413 g/mol. The third-order valence-corrected chi connectivity index (χ3v) is 4.99. The first-order valence-electron chi connectivity index (χ1n) is 10.1. The first-order valence-corrected chi connectivity index (χ1v) is 10.1. The fourth-order valence-corrected chi connectivity index (χ4v) is 3.43. The van der Waals surface area contributed by atoms with E-state index in [1.807, 2.05) is 36.5 Å². The Kier molecular flexibility index (Phi) is 5.98. The van der Waals surface area contributed by atoms with Crippen molar-refractivity contribution in [1.29, 1.82) is 0 Å². The zero-order valence-electron chi connectivity index (χ0n) is 17.2. The zero-order valence-corrected chi connectivity index (χ0v) is 17.2. The number of aromatic nitrogens is 1. The second-order valence-corrected chi connectivity index (χ2v) is 7.03. The zero-order chi connectivity index (χ0) is 21.6. The maximum Gasteiger partial charge on any atom is 0.268 e. The quantitative estimate of drug-likeness (QED) is 0.443. The summed E-state index contributed by atoms with van der Waals surface area (Å²) in [6.07, 6.45) is 5.25. The van der Waals surface area contributed by atoms with Gasteiger partial charge in [0.05, 0.1) is 12.8 Å². The van der Waals surface area contributed by atoms with Crippen molar-refractivity contribution in [3.05, 3.63) is 102 Å². The van der Waals surface area contributed by atoms with Crippen LogP contribution in [0.3, 0.4) is 0 Å². The number of rotatable bonds is 7. The standard InChI is InChI=1S/C25H23N3O3/c1-2-28-17-19(21-12-6-7-13-23(21)28)15-22(25(30)26-16-20-11-8-14-31-20)27-24(29)18-9-4-3-5-10-18/h3-15,17H,2,16H2,1H3,(H,26,30)(H,27,29)/b22-15-. The maximum atomic E-state index is 13.0. The number of nitrogens with one attached hydrogen (secondary N) is 2. The van der Waals surface area contributed by atoms with Crippen molar-refractivity contribution in [2.24, 2.45) is 0 Å². The molecular weight excluding hydrogens is 390 g/mol. The van der Waals surface area contributed by atoms with E-state index in [1.54, 1.807) is 48.7 Å². The number of hydrogen-bond donors (Lipinski definition) is 2. The molecule has 6 nitrogen and oxygen atoms in total. The number of carbonyl (C=O) groups is 2. The molecule has 0 radical (unpaired) electrons. The van der Waals surface area contributed by atoms with Gasteiger partial charge in [0.1, 0.15) is 11.5 Å². The van der Waals surface area contributed by atoms with Gasteiger partial charge in [-0.1, -0.05) is 36.4 Å². The Morgan fingerprint density at radius 2 is 1.77 bits per heavy atom. The molecule has 31 heavy (non-hydrogen) atoms. The van der Waals surface area contributed by atoms with Crippen molar-refractivity contribution >= 4 is 28.8 Å². The van der Waals surface area contributed by atoms with Gasteiger partial charge in [0.2, 0.25) is 0 Å². The number of aryl methyl sites for hydroxylation is 1. The number of nitrogens with zero attached hydrogens (tertiary/aromatic N) is 1. The normalized spacial score (nSPS) is 11.5. The summed E-state index contributed by atoms with van der Waals surface area (Å²) in [6.45, 7) is 3.08. The van der Waals surface area contributed by atoms with Crippen LogP contribution < -0.4 is 10.6 Å². The molecular formula is C25H23N3O3. The molecule has 0 unspecified atom stereocenters. The number of furan rings is 1. The molecule has 2 aromatic carbocycles. The second-order valence-electron chi connectivity index (χ2n) is 7.03. The molecule has 6 heteroatoms. The largest absolute Gasteiger partial charge is 0.467 e. The minimum atomic E-state index is -0.394. The van der Waals surface area contributed by atoms with Crippen molar-refractivity contribution in [1.82, 2.24) is 15.2 Å². The summed E-state index contributed by atoms with van der Waals surface area (Å²) in [5.41, 5.74) is 2.57. The van der Waals surface area contributed by atoms with E-state index >= 15 is 0 Å². The molecule has 0 fully saturated rings. The van der Waals surface area contributed by atoms with Crippen LogP contribution in [0.25, 0.3) is 17.0 Å². The van der Waals surface area contributed by atoms with Crippen molar-refractivity contribution in [2.45, 2.75) is 20.0 Å². The van der Waals surface area contributed by atoms with Crippen molar-refractivity contribution in [2.75, 3.05) is 0 Å². The van der Waals surface area contributed by atoms with Crippen LogP contribution in [0.15, 0.2) is 89.3 Å². The molecule has 4 aromatic rings. The van der Waals surface area contributed by atoms with E-state index in [4.69, 9.17) is 4.42 Å². The lowest BCUT2D eigenvalue weighted by molar-refractivity contribution is -0.118. The van der Waals surface area contributed by atoms with Crippen LogP contribution in [0.5, 0.6) is 0 Å². The van der Waals surface area contributed by atoms with E-state index in [9.17, 15) is 9.59 Å². The van der Waals surface area contributed by atoms with Crippen LogP contribution in [-0.4, -0.2) is 16.4 Å². The molecule has 0 aliphatic rings. The predicted molar refractivity (Wildman–Crippen MR) is 120 cm³/mol. The molecule has 156 valence electrons. The summed E-state index contributed by atoms with van der Waals surface area (Å²) in [5, 5.41) is 6.59. The van der Waals surface area contributed by atoms with Crippen LogP contribution in [-0.2, 0) is 17.9 Å². The molecule has 0 atom stereocenters. The van der Waals surface area contributed by atoms with Gasteiger partial charge < -0.3 is 19.6 Å². The fourth-order valence-electron chi connectivity index (χ4n) is 3.43. The molecule has 0 bridgehead atoms. The molecule has 0 saturated heterocycles. The van der Waals surface area contributed by atoms with Gasteiger partial charge in [-0.05, 0) is 43.3 Å². The van der Waals surface area contributed by atoms with Gasteiger partial charge in [-0.3, -0.25) is 9.59 Å². The lowest BCUT2D eigenvalue weighted by atomic mass is 10.1. The number of para-hydroxylation sites is 1. The third-order valence-electron chi connectivity index (χ3n) is 4.99. The van der Waals surface area contributed by atoms with Crippen LogP contribution in [0.2, 0.25) is 0 Å². The van der Waals surface area contributed by atoms with Crippen LogP contribution >= 0.6 is 0 Å². The molecule has 4 rings (SSSR count). The van der Waals surface area contributed by atoms with Gasteiger partial charge in [0.25, 0.3) is 11.8 Å². The van der Waals surface area contributed by atoms with Gasteiger partial charge in [0, 0.05) is 34.8 Å². The minimum Gasteiger partial charge on any atom is -0.467 e. The molecule has 0 saturated carbocycles. The summed E-state index contributed by atoms with van der Waals surface area (Å²) in [4.78, 5) is 25.7. The Labute approximate surface area is 180 Å².